The number of esters is 2. The van der Waals surface area contributed by atoms with E-state index in [1.165, 1.54) is 14.2 Å². The van der Waals surface area contributed by atoms with Gasteiger partial charge in [-0.25, -0.2) is 9.59 Å². The summed E-state index contributed by atoms with van der Waals surface area (Å²) < 4.78 is 16.3. The minimum Gasteiger partial charge on any atom is -0.508 e. The average molecular weight is 451 g/mol. The summed E-state index contributed by atoms with van der Waals surface area (Å²) in [5.41, 5.74) is 5.87. The highest BCUT2D eigenvalue weighted by Crippen LogP contribution is 2.44. The third kappa shape index (κ3) is 4.65. The van der Waals surface area contributed by atoms with Gasteiger partial charge >= 0.3 is 11.9 Å². The second kappa shape index (κ2) is 9.53. The number of benzene rings is 2. The molecule has 0 bridgehead atoms. The highest BCUT2D eigenvalue weighted by molar-refractivity contribution is 6.00. The summed E-state index contributed by atoms with van der Waals surface area (Å²) in [6.07, 6.45) is 0.505. The number of phenols is 1. The SMILES string of the molecule is COC(=O)C1=C(C)CC(C)=C(C(=O)OC)C1c1cc(C)c(Oc2ccc(O)c(C)c2)c(C)c1. The Balaban J connectivity index is 2.13. The van der Waals surface area contributed by atoms with Crippen molar-refractivity contribution in [3.8, 4) is 17.2 Å². The lowest BCUT2D eigenvalue weighted by molar-refractivity contribution is -0.137. The highest BCUT2D eigenvalue weighted by Gasteiger charge is 2.37. The van der Waals surface area contributed by atoms with Gasteiger partial charge in [-0.2, -0.15) is 0 Å². The molecular weight excluding hydrogens is 420 g/mol. The van der Waals surface area contributed by atoms with E-state index < -0.39 is 17.9 Å². The van der Waals surface area contributed by atoms with Gasteiger partial charge in [0.2, 0.25) is 0 Å². The van der Waals surface area contributed by atoms with E-state index in [1.54, 1.807) is 25.1 Å². The first-order valence-corrected chi connectivity index (χ1v) is 10.7. The van der Waals surface area contributed by atoms with E-state index in [-0.39, 0.29) is 5.75 Å². The molecule has 6 heteroatoms. The van der Waals surface area contributed by atoms with Crippen LogP contribution in [0.1, 0.15) is 48.4 Å². The van der Waals surface area contributed by atoms with Crippen molar-refractivity contribution in [2.75, 3.05) is 14.2 Å². The number of ether oxygens (including phenoxy) is 3. The fourth-order valence-corrected chi connectivity index (χ4v) is 4.48. The van der Waals surface area contributed by atoms with Crippen LogP contribution in [0.5, 0.6) is 17.2 Å². The van der Waals surface area contributed by atoms with E-state index in [0.717, 1.165) is 27.8 Å². The minimum absolute atomic E-state index is 0.207. The standard InChI is InChI=1S/C27H30O6/c1-14-13-20(8-9-21(14)28)33-25-17(4)11-19(12-18(25)5)24-22(26(29)31-6)15(2)10-16(3)23(24)27(30)32-7/h8-9,11-13,24,28H,10H2,1-7H3. The normalized spacial score (nSPS) is 14.4. The molecule has 1 N–H and O–H groups in total. The molecule has 0 spiro atoms. The Kier molecular flexibility index (Phi) is 6.96. The number of methoxy groups -OCH3 is 2. The molecule has 0 aliphatic heterocycles. The molecule has 0 saturated heterocycles. The molecule has 2 aromatic rings. The van der Waals surface area contributed by atoms with Gasteiger partial charge in [0.1, 0.15) is 17.2 Å². The molecule has 0 heterocycles. The van der Waals surface area contributed by atoms with Crippen LogP contribution in [0.4, 0.5) is 0 Å². The second-order valence-corrected chi connectivity index (χ2v) is 8.52. The van der Waals surface area contributed by atoms with Crippen LogP contribution in [0.25, 0.3) is 0 Å². The van der Waals surface area contributed by atoms with Gasteiger partial charge in [-0.15, -0.1) is 0 Å². The van der Waals surface area contributed by atoms with Crippen molar-refractivity contribution < 1.29 is 28.9 Å². The fourth-order valence-electron chi connectivity index (χ4n) is 4.48. The second-order valence-electron chi connectivity index (χ2n) is 8.52. The van der Waals surface area contributed by atoms with Crippen LogP contribution in [-0.4, -0.2) is 31.3 Å². The summed E-state index contributed by atoms with van der Waals surface area (Å²) in [6.45, 7) is 9.43. The molecule has 0 fully saturated rings. The van der Waals surface area contributed by atoms with E-state index in [0.29, 0.717) is 34.6 Å². The van der Waals surface area contributed by atoms with Gasteiger partial charge in [0.05, 0.1) is 14.2 Å². The summed E-state index contributed by atoms with van der Waals surface area (Å²) in [5, 5.41) is 9.78. The van der Waals surface area contributed by atoms with Crippen molar-refractivity contribution in [1.82, 2.24) is 0 Å². The van der Waals surface area contributed by atoms with Crippen LogP contribution in [-0.2, 0) is 19.1 Å². The molecule has 1 aliphatic rings. The topological polar surface area (TPSA) is 82.1 Å². The van der Waals surface area contributed by atoms with Gasteiger partial charge in [-0.1, -0.05) is 23.3 Å². The predicted octanol–water partition coefficient (Wildman–Crippen LogP) is 5.58. The monoisotopic (exact) mass is 450 g/mol. The quantitative estimate of drug-likeness (QED) is 0.599. The number of rotatable bonds is 5. The Bertz CT molecular complexity index is 1120. The Labute approximate surface area is 194 Å². The predicted molar refractivity (Wildman–Crippen MR) is 126 cm³/mol. The smallest absolute Gasteiger partial charge is 0.334 e. The van der Waals surface area contributed by atoms with Gasteiger partial charge in [-0.05, 0) is 81.5 Å². The van der Waals surface area contributed by atoms with Crippen molar-refractivity contribution in [3.05, 3.63) is 74.9 Å². The molecule has 0 unspecified atom stereocenters. The average Bonchev–Trinajstić information content (AvgIpc) is 2.77. The zero-order valence-corrected chi connectivity index (χ0v) is 20.2. The molecular formula is C27H30O6. The van der Waals surface area contributed by atoms with E-state index in [1.807, 2.05) is 39.8 Å². The lowest BCUT2D eigenvalue weighted by Gasteiger charge is -2.30. The fraction of sp³-hybridized carbons (Fsp3) is 0.333. The van der Waals surface area contributed by atoms with Crippen molar-refractivity contribution in [1.29, 1.82) is 0 Å². The van der Waals surface area contributed by atoms with E-state index in [2.05, 4.69) is 0 Å². The summed E-state index contributed by atoms with van der Waals surface area (Å²) in [4.78, 5) is 25.5. The Hall–Kier alpha value is -3.54. The maximum absolute atomic E-state index is 12.8. The molecule has 174 valence electrons. The summed E-state index contributed by atoms with van der Waals surface area (Å²) in [7, 11) is 2.69. The van der Waals surface area contributed by atoms with Crippen molar-refractivity contribution in [2.24, 2.45) is 0 Å². The molecule has 3 rings (SSSR count). The summed E-state index contributed by atoms with van der Waals surface area (Å²) in [6, 6.07) is 8.93. The Morgan fingerprint density at radius 3 is 1.79 bits per heavy atom. The van der Waals surface area contributed by atoms with Crippen LogP contribution < -0.4 is 4.74 Å². The van der Waals surface area contributed by atoms with Gasteiger partial charge < -0.3 is 19.3 Å². The van der Waals surface area contributed by atoms with Crippen molar-refractivity contribution >= 4 is 11.9 Å². The van der Waals surface area contributed by atoms with Crippen LogP contribution in [0, 0.1) is 20.8 Å². The zero-order valence-electron chi connectivity index (χ0n) is 20.2. The third-order valence-electron chi connectivity index (χ3n) is 6.04. The number of carbonyl (C=O) groups is 2. The molecule has 0 saturated carbocycles. The first-order chi connectivity index (χ1) is 15.6. The maximum atomic E-state index is 12.8. The highest BCUT2D eigenvalue weighted by atomic mass is 16.5. The zero-order chi connectivity index (χ0) is 24.4. The molecule has 33 heavy (non-hydrogen) atoms. The number of allylic oxidation sites excluding steroid dienone is 2. The van der Waals surface area contributed by atoms with Gasteiger partial charge in [-0.3, -0.25) is 0 Å². The lowest BCUT2D eigenvalue weighted by Crippen LogP contribution is -2.26. The molecule has 0 atom stereocenters. The molecule has 0 aromatic heterocycles. The van der Waals surface area contributed by atoms with Gasteiger partial charge in [0, 0.05) is 17.1 Å². The van der Waals surface area contributed by atoms with E-state index in [4.69, 9.17) is 14.2 Å². The lowest BCUT2D eigenvalue weighted by atomic mass is 9.74. The third-order valence-corrected chi connectivity index (χ3v) is 6.04. The van der Waals surface area contributed by atoms with Crippen LogP contribution in [0.15, 0.2) is 52.6 Å². The first kappa shape index (κ1) is 24.1. The number of carbonyl (C=O) groups excluding carboxylic acids is 2. The Morgan fingerprint density at radius 2 is 1.33 bits per heavy atom. The maximum Gasteiger partial charge on any atom is 0.334 e. The molecule has 1 aliphatic carbocycles. The van der Waals surface area contributed by atoms with Crippen molar-refractivity contribution in [2.45, 2.75) is 47.0 Å². The molecule has 0 radical (unpaired) electrons. The van der Waals surface area contributed by atoms with E-state index in [9.17, 15) is 14.7 Å². The minimum atomic E-state index is -0.596. The number of phenolic OH excluding ortho intramolecular Hbond substituents is 1. The number of hydrogen-bond donors (Lipinski definition) is 1. The van der Waals surface area contributed by atoms with Crippen LogP contribution >= 0.6 is 0 Å². The summed E-state index contributed by atoms with van der Waals surface area (Å²) in [5.74, 6) is -0.0122. The van der Waals surface area contributed by atoms with Gasteiger partial charge in [0.15, 0.2) is 0 Å². The van der Waals surface area contributed by atoms with Crippen molar-refractivity contribution in [3.63, 3.8) is 0 Å². The van der Waals surface area contributed by atoms with E-state index >= 15 is 0 Å². The first-order valence-electron chi connectivity index (χ1n) is 10.7. The molecule has 0 amide bonds. The molecule has 2 aromatic carbocycles. The van der Waals surface area contributed by atoms with Crippen LogP contribution in [0.3, 0.4) is 0 Å². The number of aryl methyl sites for hydroxylation is 3. The van der Waals surface area contributed by atoms with Crippen LogP contribution in [0.2, 0.25) is 0 Å². The largest absolute Gasteiger partial charge is 0.508 e. The number of aromatic hydroxyl groups is 1. The molecule has 6 nitrogen and oxygen atoms in total. The van der Waals surface area contributed by atoms with Gasteiger partial charge in [0.25, 0.3) is 0 Å². The summed E-state index contributed by atoms with van der Waals surface area (Å²) >= 11 is 0. The number of hydrogen-bond acceptors (Lipinski definition) is 6. The Morgan fingerprint density at radius 1 is 0.818 bits per heavy atom.